The molecule has 2 aromatic heterocycles. The van der Waals surface area contributed by atoms with Gasteiger partial charge in [-0.2, -0.15) is 0 Å². The van der Waals surface area contributed by atoms with Crippen molar-refractivity contribution in [3.8, 4) is 0 Å². The molecule has 2 saturated carbocycles. The molecule has 0 atom stereocenters. The van der Waals surface area contributed by atoms with E-state index in [1.54, 1.807) is 0 Å². The Bertz CT molecular complexity index is 808. The fourth-order valence-electron chi connectivity index (χ4n) is 3.97. The van der Waals surface area contributed by atoms with Gasteiger partial charge in [0.2, 0.25) is 5.78 Å². The maximum Gasteiger partial charge on any atom is 0.317 e. The summed E-state index contributed by atoms with van der Waals surface area (Å²) in [7, 11) is 0. The standard InChI is InChI=1S/C19H27N5O2/c1-12-5-13(2)24-17(9-21-19(24)22-12)8-20-15-6-16(7-15)23(11-18(25)26)10-14-3-4-14/h5,9,14-16,20H,3-4,6-8,10-11H2,1-2H3,(H,25,26). The van der Waals surface area contributed by atoms with Crippen LogP contribution in [0, 0.1) is 19.8 Å². The number of nitrogens with one attached hydrogen (secondary N) is 1. The topological polar surface area (TPSA) is 82.8 Å². The maximum atomic E-state index is 11.1. The minimum absolute atomic E-state index is 0.172. The van der Waals surface area contributed by atoms with Gasteiger partial charge < -0.3 is 10.4 Å². The summed E-state index contributed by atoms with van der Waals surface area (Å²) in [5.41, 5.74) is 3.25. The number of aryl methyl sites for hydroxylation is 2. The van der Waals surface area contributed by atoms with Crippen molar-refractivity contribution < 1.29 is 9.90 Å². The third kappa shape index (κ3) is 3.73. The number of carboxylic acids is 1. The predicted octanol–water partition coefficient (Wildman–Crippen LogP) is 1.76. The SMILES string of the molecule is Cc1cc(C)n2c(CNC3CC(N(CC(=O)O)CC4CC4)C3)cnc2n1. The molecule has 140 valence electrons. The van der Waals surface area contributed by atoms with Gasteiger partial charge in [-0.3, -0.25) is 14.1 Å². The van der Waals surface area contributed by atoms with E-state index >= 15 is 0 Å². The zero-order valence-electron chi connectivity index (χ0n) is 15.5. The molecule has 2 aliphatic rings. The molecular formula is C19H27N5O2. The fourth-order valence-corrected chi connectivity index (χ4v) is 3.97. The van der Waals surface area contributed by atoms with Crippen LogP contribution in [0.5, 0.6) is 0 Å². The summed E-state index contributed by atoms with van der Waals surface area (Å²) >= 11 is 0. The van der Waals surface area contributed by atoms with Crippen molar-refractivity contribution in [3.63, 3.8) is 0 Å². The summed E-state index contributed by atoms with van der Waals surface area (Å²) in [6.07, 6.45) is 6.44. The van der Waals surface area contributed by atoms with Crippen LogP contribution < -0.4 is 5.32 Å². The second-order valence-corrected chi connectivity index (χ2v) is 7.89. The number of rotatable bonds is 8. The van der Waals surface area contributed by atoms with Gasteiger partial charge in [0.1, 0.15) is 0 Å². The van der Waals surface area contributed by atoms with Crippen molar-refractivity contribution in [1.29, 1.82) is 0 Å². The highest BCUT2D eigenvalue weighted by Gasteiger charge is 2.36. The second kappa shape index (κ2) is 6.96. The van der Waals surface area contributed by atoms with Crippen LogP contribution in [-0.4, -0.2) is 55.5 Å². The van der Waals surface area contributed by atoms with Gasteiger partial charge in [0.05, 0.1) is 18.4 Å². The molecule has 7 heteroatoms. The Balaban J connectivity index is 1.32. The molecule has 0 amide bonds. The average molecular weight is 357 g/mol. The van der Waals surface area contributed by atoms with Crippen LogP contribution in [0.4, 0.5) is 0 Å². The van der Waals surface area contributed by atoms with Gasteiger partial charge in [0, 0.05) is 36.6 Å². The molecule has 2 fully saturated rings. The first-order valence-electron chi connectivity index (χ1n) is 9.49. The van der Waals surface area contributed by atoms with Crippen LogP contribution in [0.25, 0.3) is 5.78 Å². The molecule has 7 nitrogen and oxygen atoms in total. The van der Waals surface area contributed by atoms with Gasteiger partial charge in [0.15, 0.2) is 0 Å². The molecule has 0 spiro atoms. The number of nitrogens with zero attached hydrogens (tertiary/aromatic N) is 4. The first-order chi connectivity index (χ1) is 12.5. The summed E-state index contributed by atoms with van der Waals surface area (Å²) in [5, 5.41) is 12.8. The predicted molar refractivity (Wildman–Crippen MR) is 98.0 cm³/mol. The molecular weight excluding hydrogens is 330 g/mol. The van der Waals surface area contributed by atoms with E-state index in [1.807, 2.05) is 13.1 Å². The van der Waals surface area contributed by atoms with Crippen LogP contribution in [0.1, 0.15) is 42.8 Å². The smallest absolute Gasteiger partial charge is 0.317 e. The third-order valence-electron chi connectivity index (χ3n) is 5.59. The highest BCUT2D eigenvalue weighted by molar-refractivity contribution is 5.69. The number of imidazole rings is 1. The lowest BCUT2D eigenvalue weighted by Gasteiger charge is -2.43. The molecule has 2 aliphatic carbocycles. The minimum atomic E-state index is -0.717. The molecule has 2 N–H and O–H groups in total. The summed E-state index contributed by atoms with van der Waals surface area (Å²) in [5.74, 6) is 0.757. The second-order valence-electron chi connectivity index (χ2n) is 7.89. The van der Waals surface area contributed by atoms with Crippen LogP contribution in [-0.2, 0) is 11.3 Å². The molecule has 2 heterocycles. The lowest BCUT2D eigenvalue weighted by molar-refractivity contribution is -0.139. The molecule has 0 unspecified atom stereocenters. The van der Waals surface area contributed by atoms with Gasteiger partial charge in [-0.15, -0.1) is 0 Å². The lowest BCUT2D eigenvalue weighted by Crippen LogP contribution is -2.54. The molecule has 4 rings (SSSR count). The molecule has 0 bridgehead atoms. The Morgan fingerprint density at radius 1 is 1.38 bits per heavy atom. The maximum absolute atomic E-state index is 11.1. The Hall–Kier alpha value is -1.99. The Kier molecular flexibility index (Phi) is 4.67. The van der Waals surface area contributed by atoms with E-state index in [0.717, 1.165) is 54.7 Å². The fraction of sp³-hybridized carbons (Fsp3) is 0.632. The van der Waals surface area contributed by atoms with E-state index in [4.69, 9.17) is 5.11 Å². The molecule has 2 aromatic rings. The largest absolute Gasteiger partial charge is 0.480 e. The van der Waals surface area contributed by atoms with E-state index in [-0.39, 0.29) is 6.54 Å². The van der Waals surface area contributed by atoms with Crippen molar-refractivity contribution in [2.75, 3.05) is 13.1 Å². The summed E-state index contributed by atoms with van der Waals surface area (Å²) < 4.78 is 2.10. The monoisotopic (exact) mass is 357 g/mol. The van der Waals surface area contributed by atoms with Gasteiger partial charge in [-0.1, -0.05) is 0 Å². The number of carbonyl (C=O) groups is 1. The minimum Gasteiger partial charge on any atom is -0.480 e. The van der Waals surface area contributed by atoms with Crippen LogP contribution in [0.15, 0.2) is 12.3 Å². The Labute approximate surface area is 153 Å². The Morgan fingerprint density at radius 3 is 2.85 bits per heavy atom. The zero-order chi connectivity index (χ0) is 18.3. The van der Waals surface area contributed by atoms with Crippen LogP contribution in [0.2, 0.25) is 0 Å². The molecule has 0 aromatic carbocycles. The number of aliphatic carboxylic acids is 1. The number of hydrogen-bond donors (Lipinski definition) is 2. The quantitative estimate of drug-likeness (QED) is 0.749. The van der Waals surface area contributed by atoms with Crippen LogP contribution in [0.3, 0.4) is 0 Å². The average Bonchev–Trinajstić information content (AvgIpc) is 3.23. The summed E-state index contributed by atoms with van der Waals surface area (Å²) in [4.78, 5) is 22.2. The van der Waals surface area contributed by atoms with E-state index in [2.05, 4.69) is 37.6 Å². The Morgan fingerprint density at radius 2 is 2.15 bits per heavy atom. The molecule has 0 radical (unpaired) electrons. The van der Waals surface area contributed by atoms with Gasteiger partial charge in [-0.05, 0) is 51.5 Å². The van der Waals surface area contributed by atoms with Gasteiger partial charge in [0.25, 0.3) is 0 Å². The summed E-state index contributed by atoms with van der Waals surface area (Å²) in [6, 6.07) is 2.91. The normalized spacial score (nSPS) is 22.7. The van der Waals surface area contributed by atoms with Crippen molar-refractivity contribution in [1.82, 2.24) is 24.6 Å². The number of aromatic nitrogens is 3. The first-order valence-corrected chi connectivity index (χ1v) is 9.49. The number of fused-ring (bicyclic) bond motifs is 1. The van der Waals surface area contributed by atoms with E-state index in [9.17, 15) is 4.79 Å². The van der Waals surface area contributed by atoms with E-state index in [1.165, 1.54) is 12.8 Å². The van der Waals surface area contributed by atoms with Crippen molar-refractivity contribution in [3.05, 3.63) is 29.3 Å². The summed E-state index contributed by atoms with van der Waals surface area (Å²) in [6.45, 7) is 5.94. The zero-order valence-corrected chi connectivity index (χ0v) is 15.5. The van der Waals surface area contributed by atoms with E-state index < -0.39 is 5.97 Å². The first kappa shape index (κ1) is 17.4. The van der Waals surface area contributed by atoms with Crippen molar-refractivity contribution in [2.24, 2.45) is 5.92 Å². The van der Waals surface area contributed by atoms with Crippen molar-refractivity contribution >= 4 is 11.7 Å². The van der Waals surface area contributed by atoms with Crippen molar-refractivity contribution in [2.45, 2.75) is 58.2 Å². The third-order valence-corrected chi connectivity index (χ3v) is 5.59. The highest BCUT2D eigenvalue weighted by Crippen LogP contribution is 2.33. The molecule has 0 saturated heterocycles. The number of carboxylic acid groups (broad SMARTS) is 1. The van der Waals surface area contributed by atoms with Gasteiger partial charge in [-0.25, -0.2) is 9.97 Å². The van der Waals surface area contributed by atoms with Gasteiger partial charge >= 0.3 is 5.97 Å². The van der Waals surface area contributed by atoms with Crippen LogP contribution >= 0.6 is 0 Å². The van der Waals surface area contributed by atoms with E-state index in [0.29, 0.717) is 12.1 Å². The lowest BCUT2D eigenvalue weighted by atomic mass is 9.85. The highest BCUT2D eigenvalue weighted by atomic mass is 16.4. The molecule has 26 heavy (non-hydrogen) atoms. The molecule has 0 aliphatic heterocycles. The number of hydrogen-bond acceptors (Lipinski definition) is 5.